The maximum Gasteiger partial charge on any atom is 0.305 e. The van der Waals surface area contributed by atoms with Crippen LogP contribution < -0.4 is 0 Å². The van der Waals surface area contributed by atoms with Crippen LogP contribution in [-0.4, -0.2) is 25.2 Å². The summed E-state index contributed by atoms with van der Waals surface area (Å²) in [4.78, 5) is 23.2. The zero-order chi connectivity index (χ0) is 36.9. The van der Waals surface area contributed by atoms with Crippen molar-refractivity contribution in [3.63, 3.8) is 0 Å². The van der Waals surface area contributed by atoms with E-state index >= 15 is 0 Å². The highest BCUT2D eigenvalue weighted by Gasteiger charge is 2.04. The molecule has 50 heavy (non-hydrogen) atoms. The molecule has 0 saturated heterocycles. The van der Waals surface area contributed by atoms with Gasteiger partial charge in [0.05, 0.1) is 13.2 Å². The molecule has 0 radical (unpaired) electrons. The third kappa shape index (κ3) is 49.1. The molecule has 0 spiro atoms. The third-order valence-corrected chi connectivity index (χ3v) is 9.99. The molecule has 0 atom stereocenters. The van der Waals surface area contributed by atoms with Gasteiger partial charge in [-0.15, -0.1) is 0 Å². The summed E-state index contributed by atoms with van der Waals surface area (Å²) in [6.45, 7) is 10.2. The number of esters is 2. The zero-order valence-electron chi connectivity index (χ0n) is 34.9. The predicted octanol–water partition coefficient (Wildman–Crippen LogP) is 16.0. The fourth-order valence-electron chi connectivity index (χ4n) is 6.50. The molecule has 0 rings (SSSR count). The number of carbonyl (C=O) groups excluding carboxylic acids is 2. The van der Waals surface area contributed by atoms with Gasteiger partial charge < -0.3 is 9.47 Å². The quantitative estimate of drug-likeness (QED) is 0.0470. The lowest BCUT2D eigenvalue weighted by Gasteiger charge is -2.06. The van der Waals surface area contributed by atoms with E-state index in [4.69, 9.17) is 9.47 Å². The van der Waals surface area contributed by atoms with Gasteiger partial charge in [-0.3, -0.25) is 9.59 Å². The molecule has 300 valence electrons. The fourth-order valence-corrected chi connectivity index (χ4v) is 6.50. The molecular weight excluding hydrogens is 617 g/mol. The molecule has 4 nitrogen and oxygen atoms in total. The normalized spacial score (nSPS) is 11.0. The highest BCUT2D eigenvalue weighted by atomic mass is 16.5. The smallest absolute Gasteiger partial charge is 0.305 e. The summed E-state index contributed by atoms with van der Waals surface area (Å²) in [5, 5.41) is 0. The zero-order valence-corrected chi connectivity index (χ0v) is 34.9. The molecular formula is C46H92O4. The summed E-state index contributed by atoms with van der Waals surface area (Å²) in [7, 11) is 0. The monoisotopic (exact) mass is 709 g/mol. The van der Waals surface area contributed by atoms with Gasteiger partial charge in [-0.1, -0.05) is 233 Å². The Kier molecular flexibility index (Phi) is 48.9. The number of carbonyl (C=O) groups is 2. The summed E-state index contributed by atoms with van der Waals surface area (Å²) in [5.41, 5.74) is 0. The first-order valence-corrected chi connectivity index (χ1v) is 22.9. The summed E-state index contributed by atoms with van der Waals surface area (Å²) < 4.78 is 10.6. The third-order valence-electron chi connectivity index (χ3n) is 9.99. The van der Waals surface area contributed by atoms with Crippen molar-refractivity contribution in [3.05, 3.63) is 0 Å². The van der Waals surface area contributed by atoms with E-state index in [0.29, 0.717) is 26.1 Å². The van der Waals surface area contributed by atoms with Crippen LogP contribution in [0, 0.1) is 0 Å². The molecule has 0 aliphatic heterocycles. The highest BCUT2D eigenvalue weighted by Crippen LogP contribution is 2.14. The second-order valence-electron chi connectivity index (χ2n) is 15.3. The van der Waals surface area contributed by atoms with Crippen LogP contribution >= 0.6 is 0 Å². The topological polar surface area (TPSA) is 52.6 Å². The molecule has 0 heterocycles. The summed E-state index contributed by atoms with van der Waals surface area (Å²) in [5.74, 6) is 0.0263. The van der Waals surface area contributed by atoms with Crippen LogP contribution in [0.3, 0.4) is 0 Å². The van der Waals surface area contributed by atoms with E-state index < -0.39 is 0 Å². The Balaban J connectivity index is 0. The van der Waals surface area contributed by atoms with E-state index in [1.165, 1.54) is 205 Å². The first-order chi connectivity index (χ1) is 24.6. The van der Waals surface area contributed by atoms with Gasteiger partial charge in [0.25, 0.3) is 0 Å². The minimum absolute atomic E-state index is 0.00412. The standard InChI is InChI=1S/C28H56O2.C18H36O2/c1-3-5-7-9-11-13-15-17-19-21-23-25-27-30-28(29)26-24-22-20-18-16-14-12-10-8-6-4-2;1-3-5-7-9-10-11-12-13-14-16-18(19)20-17-15-8-6-4-2/h3-27H2,1-2H3;3-17H2,1-2H3. The van der Waals surface area contributed by atoms with Gasteiger partial charge in [0, 0.05) is 12.8 Å². The van der Waals surface area contributed by atoms with Crippen molar-refractivity contribution < 1.29 is 19.1 Å². The molecule has 0 N–H and O–H groups in total. The van der Waals surface area contributed by atoms with Gasteiger partial charge >= 0.3 is 11.9 Å². The number of unbranched alkanes of at least 4 members (excludes halogenated alkanes) is 32. The molecule has 0 aliphatic rings. The second kappa shape index (κ2) is 47.9. The van der Waals surface area contributed by atoms with E-state index in [0.717, 1.165) is 25.7 Å². The molecule has 0 aromatic heterocycles. The molecule has 0 fully saturated rings. The van der Waals surface area contributed by atoms with Crippen molar-refractivity contribution in [2.24, 2.45) is 0 Å². The molecule has 0 amide bonds. The highest BCUT2D eigenvalue weighted by molar-refractivity contribution is 5.69. The Labute approximate surface area is 315 Å². The number of hydrogen-bond donors (Lipinski definition) is 0. The average molecular weight is 709 g/mol. The number of rotatable bonds is 40. The van der Waals surface area contributed by atoms with Crippen molar-refractivity contribution in [1.29, 1.82) is 0 Å². The van der Waals surface area contributed by atoms with Crippen LogP contribution in [0.15, 0.2) is 0 Å². The van der Waals surface area contributed by atoms with Gasteiger partial charge in [-0.2, -0.15) is 0 Å². The van der Waals surface area contributed by atoms with E-state index in [9.17, 15) is 9.59 Å². The van der Waals surface area contributed by atoms with Gasteiger partial charge in [0.15, 0.2) is 0 Å². The van der Waals surface area contributed by atoms with Crippen LogP contribution in [0.2, 0.25) is 0 Å². The molecule has 0 saturated carbocycles. The van der Waals surface area contributed by atoms with Gasteiger partial charge in [-0.05, 0) is 25.7 Å². The first-order valence-electron chi connectivity index (χ1n) is 22.9. The lowest BCUT2D eigenvalue weighted by molar-refractivity contribution is -0.144. The molecule has 0 bridgehead atoms. The minimum Gasteiger partial charge on any atom is -0.466 e. The van der Waals surface area contributed by atoms with Crippen LogP contribution in [0.4, 0.5) is 0 Å². The second-order valence-corrected chi connectivity index (χ2v) is 15.3. The average Bonchev–Trinajstić information content (AvgIpc) is 3.12. The van der Waals surface area contributed by atoms with Gasteiger partial charge in [0.2, 0.25) is 0 Å². The van der Waals surface area contributed by atoms with Crippen molar-refractivity contribution in [3.8, 4) is 0 Å². The molecule has 0 aromatic carbocycles. The van der Waals surface area contributed by atoms with Crippen LogP contribution in [0.25, 0.3) is 0 Å². The van der Waals surface area contributed by atoms with Crippen molar-refractivity contribution in [2.75, 3.05) is 13.2 Å². The lowest BCUT2D eigenvalue weighted by Crippen LogP contribution is -2.05. The van der Waals surface area contributed by atoms with Crippen LogP contribution in [0.1, 0.15) is 272 Å². The largest absolute Gasteiger partial charge is 0.466 e. The van der Waals surface area contributed by atoms with Gasteiger partial charge in [-0.25, -0.2) is 0 Å². The van der Waals surface area contributed by atoms with E-state index in [1.54, 1.807) is 0 Å². The van der Waals surface area contributed by atoms with Crippen LogP contribution in [0.5, 0.6) is 0 Å². The maximum absolute atomic E-state index is 11.8. The summed E-state index contributed by atoms with van der Waals surface area (Å²) in [6.07, 6.45) is 48.2. The molecule has 4 heteroatoms. The molecule has 0 unspecified atom stereocenters. The van der Waals surface area contributed by atoms with Gasteiger partial charge in [0.1, 0.15) is 0 Å². The van der Waals surface area contributed by atoms with Crippen molar-refractivity contribution in [2.45, 2.75) is 272 Å². The lowest BCUT2D eigenvalue weighted by atomic mass is 10.1. The molecule has 0 aromatic rings. The SMILES string of the molecule is CCCCCCCCCCCC(=O)OCCCCCC.CCCCCCCCCCCCCCOC(=O)CCCCCCCCCCCCC. The predicted molar refractivity (Wildman–Crippen MR) is 220 cm³/mol. The first kappa shape index (κ1) is 51.0. The van der Waals surface area contributed by atoms with Crippen molar-refractivity contribution >= 4 is 11.9 Å². The minimum atomic E-state index is 0.00412. The Morgan fingerprint density at radius 3 is 0.680 bits per heavy atom. The maximum atomic E-state index is 11.8. The number of ether oxygens (including phenoxy) is 2. The summed E-state index contributed by atoms with van der Waals surface area (Å²) >= 11 is 0. The Bertz CT molecular complexity index is 634. The Hall–Kier alpha value is -1.06. The fraction of sp³-hybridized carbons (Fsp3) is 0.957. The summed E-state index contributed by atoms with van der Waals surface area (Å²) in [6, 6.07) is 0. The van der Waals surface area contributed by atoms with E-state index in [-0.39, 0.29) is 11.9 Å². The van der Waals surface area contributed by atoms with E-state index in [1.807, 2.05) is 0 Å². The van der Waals surface area contributed by atoms with Crippen molar-refractivity contribution in [1.82, 2.24) is 0 Å². The Morgan fingerprint density at radius 2 is 0.440 bits per heavy atom. The Morgan fingerprint density at radius 1 is 0.260 bits per heavy atom. The molecule has 0 aliphatic carbocycles. The number of hydrogen-bond acceptors (Lipinski definition) is 4. The van der Waals surface area contributed by atoms with Crippen LogP contribution in [-0.2, 0) is 19.1 Å². The van der Waals surface area contributed by atoms with E-state index in [2.05, 4.69) is 27.7 Å².